The average molecular weight is 372 g/mol. The molecule has 0 spiro atoms. The Hall–Kier alpha value is -3.29. The number of amides is 2. The standard InChI is InChI=1S/C19H20N2O6/c1-2-14-12(19(24)25)10-16(27-14)18(23)20-8-5-9-21-13-6-3-4-7-15(13)26-11-17(21)22/h3-4,6-7,10H,2,5,8-9,11H2,1H3,(H,20,23)(H,24,25). The summed E-state index contributed by atoms with van der Waals surface area (Å²) in [5.74, 6) is -0.847. The van der Waals surface area contributed by atoms with Gasteiger partial charge in [-0.05, 0) is 18.6 Å². The summed E-state index contributed by atoms with van der Waals surface area (Å²) < 4.78 is 10.7. The summed E-state index contributed by atoms with van der Waals surface area (Å²) in [4.78, 5) is 37.0. The van der Waals surface area contributed by atoms with Gasteiger partial charge in [-0.2, -0.15) is 0 Å². The summed E-state index contributed by atoms with van der Waals surface area (Å²) in [5.41, 5.74) is 0.711. The van der Waals surface area contributed by atoms with E-state index >= 15 is 0 Å². The predicted molar refractivity (Wildman–Crippen MR) is 96.3 cm³/mol. The third kappa shape index (κ3) is 3.94. The van der Waals surface area contributed by atoms with E-state index in [1.165, 1.54) is 6.07 Å². The maximum absolute atomic E-state index is 12.2. The van der Waals surface area contributed by atoms with Crippen LogP contribution >= 0.6 is 0 Å². The second-order valence-electron chi connectivity index (χ2n) is 6.02. The molecule has 2 N–H and O–H groups in total. The van der Waals surface area contributed by atoms with Crippen molar-refractivity contribution >= 4 is 23.5 Å². The third-order valence-corrected chi connectivity index (χ3v) is 4.24. The number of carbonyl (C=O) groups is 3. The molecule has 0 unspecified atom stereocenters. The number of nitrogens with one attached hydrogen (secondary N) is 1. The van der Waals surface area contributed by atoms with Gasteiger partial charge in [-0.15, -0.1) is 0 Å². The zero-order valence-corrected chi connectivity index (χ0v) is 14.9. The minimum atomic E-state index is -1.13. The zero-order valence-electron chi connectivity index (χ0n) is 14.9. The van der Waals surface area contributed by atoms with Gasteiger partial charge >= 0.3 is 5.97 Å². The molecule has 2 heterocycles. The van der Waals surface area contributed by atoms with Gasteiger partial charge in [0.15, 0.2) is 12.4 Å². The summed E-state index contributed by atoms with van der Waals surface area (Å²) in [7, 11) is 0. The van der Waals surface area contributed by atoms with Crippen LogP contribution in [-0.4, -0.2) is 42.6 Å². The molecule has 8 nitrogen and oxygen atoms in total. The van der Waals surface area contributed by atoms with E-state index in [1.54, 1.807) is 17.9 Å². The lowest BCUT2D eigenvalue weighted by Gasteiger charge is -2.29. The second-order valence-corrected chi connectivity index (χ2v) is 6.02. The molecule has 27 heavy (non-hydrogen) atoms. The van der Waals surface area contributed by atoms with E-state index < -0.39 is 11.9 Å². The smallest absolute Gasteiger partial charge is 0.339 e. The molecule has 0 fully saturated rings. The van der Waals surface area contributed by atoms with Crippen LogP contribution in [0.4, 0.5) is 5.69 Å². The Bertz CT molecular complexity index is 873. The molecule has 0 bridgehead atoms. The molecular weight excluding hydrogens is 352 g/mol. The van der Waals surface area contributed by atoms with E-state index in [9.17, 15) is 14.4 Å². The molecule has 2 aromatic rings. The van der Waals surface area contributed by atoms with Gasteiger partial charge in [0.25, 0.3) is 11.8 Å². The Labute approximate surface area is 155 Å². The van der Waals surface area contributed by atoms with Crippen molar-refractivity contribution in [2.45, 2.75) is 19.8 Å². The average Bonchev–Trinajstić information content (AvgIpc) is 3.11. The Morgan fingerprint density at radius 2 is 2.07 bits per heavy atom. The highest BCUT2D eigenvalue weighted by Crippen LogP contribution is 2.31. The summed E-state index contributed by atoms with van der Waals surface area (Å²) in [5, 5.41) is 11.8. The summed E-state index contributed by atoms with van der Waals surface area (Å²) in [6.07, 6.45) is 0.909. The lowest BCUT2D eigenvalue weighted by atomic mass is 10.2. The SMILES string of the molecule is CCc1oc(C(=O)NCCCN2C(=O)COc3ccccc32)cc1C(=O)O. The van der Waals surface area contributed by atoms with Crippen molar-refractivity contribution in [3.8, 4) is 5.75 Å². The number of fused-ring (bicyclic) bond motifs is 1. The molecule has 3 rings (SSSR count). The Morgan fingerprint density at radius 3 is 2.78 bits per heavy atom. The molecule has 1 aliphatic heterocycles. The van der Waals surface area contributed by atoms with Crippen molar-refractivity contribution in [1.82, 2.24) is 5.32 Å². The fourth-order valence-corrected chi connectivity index (χ4v) is 2.91. The number of nitrogens with zero attached hydrogens (tertiary/aromatic N) is 1. The van der Waals surface area contributed by atoms with Gasteiger partial charge in [-0.1, -0.05) is 19.1 Å². The number of benzene rings is 1. The van der Waals surface area contributed by atoms with Crippen LogP contribution in [0.1, 0.15) is 40.0 Å². The van der Waals surface area contributed by atoms with Gasteiger partial charge in [0, 0.05) is 25.6 Å². The number of hydrogen-bond acceptors (Lipinski definition) is 5. The van der Waals surface area contributed by atoms with E-state index in [2.05, 4.69) is 5.32 Å². The molecule has 0 radical (unpaired) electrons. The van der Waals surface area contributed by atoms with Crippen molar-refractivity contribution in [2.75, 3.05) is 24.6 Å². The topological polar surface area (TPSA) is 109 Å². The van der Waals surface area contributed by atoms with Crippen molar-refractivity contribution in [2.24, 2.45) is 0 Å². The number of furan rings is 1. The molecule has 0 aliphatic carbocycles. The number of para-hydroxylation sites is 2. The van der Waals surface area contributed by atoms with Gasteiger partial charge in [-0.25, -0.2) is 4.79 Å². The number of carboxylic acids is 1. The van der Waals surface area contributed by atoms with Crippen molar-refractivity contribution in [3.05, 3.63) is 47.4 Å². The van der Waals surface area contributed by atoms with Gasteiger partial charge in [0.1, 0.15) is 17.1 Å². The van der Waals surface area contributed by atoms with Gasteiger partial charge < -0.3 is 24.5 Å². The number of carboxylic acid groups (broad SMARTS) is 1. The summed E-state index contributed by atoms with van der Waals surface area (Å²) >= 11 is 0. The maximum Gasteiger partial charge on any atom is 0.339 e. The fourth-order valence-electron chi connectivity index (χ4n) is 2.91. The normalized spacial score (nSPS) is 13.1. The first-order valence-corrected chi connectivity index (χ1v) is 8.67. The first-order chi connectivity index (χ1) is 13.0. The van der Waals surface area contributed by atoms with Gasteiger partial charge in [0.2, 0.25) is 0 Å². The minimum absolute atomic E-state index is 0.00169. The molecule has 0 saturated carbocycles. The predicted octanol–water partition coefficient (Wildman–Crippen LogP) is 2.09. The first-order valence-electron chi connectivity index (χ1n) is 8.67. The number of rotatable bonds is 7. The van der Waals surface area contributed by atoms with E-state index in [0.29, 0.717) is 37.4 Å². The Morgan fingerprint density at radius 1 is 1.30 bits per heavy atom. The highest BCUT2D eigenvalue weighted by Gasteiger charge is 2.25. The fraction of sp³-hybridized carbons (Fsp3) is 0.316. The molecular formula is C19H20N2O6. The van der Waals surface area contributed by atoms with Crippen LogP contribution < -0.4 is 15.0 Å². The highest BCUT2D eigenvalue weighted by molar-refractivity contribution is 5.98. The third-order valence-electron chi connectivity index (χ3n) is 4.24. The van der Waals surface area contributed by atoms with E-state index in [4.69, 9.17) is 14.3 Å². The van der Waals surface area contributed by atoms with E-state index in [0.717, 1.165) is 0 Å². The van der Waals surface area contributed by atoms with Crippen LogP contribution in [0.2, 0.25) is 0 Å². The number of ether oxygens (including phenoxy) is 1. The number of aryl methyl sites for hydroxylation is 1. The molecule has 1 aliphatic rings. The molecule has 0 atom stereocenters. The minimum Gasteiger partial charge on any atom is -0.482 e. The van der Waals surface area contributed by atoms with Crippen LogP contribution in [0.15, 0.2) is 34.7 Å². The summed E-state index contributed by atoms with van der Waals surface area (Å²) in [6.45, 7) is 2.49. The zero-order chi connectivity index (χ0) is 19.4. The van der Waals surface area contributed by atoms with Gasteiger partial charge in [-0.3, -0.25) is 9.59 Å². The lowest BCUT2D eigenvalue weighted by molar-refractivity contribution is -0.121. The largest absolute Gasteiger partial charge is 0.482 e. The van der Waals surface area contributed by atoms with Crippen molar-refractivity contribution < 1.29 is 28.6 Å². The Kier molecular flexibility index (Phi) is 5.44. The lowest BCUT2D eigenvalue weighted by Crippen LogP contribution is -2.40. The van der Waals surface area contributed by atoms with Crippen LogP contribution in [0.5, 0.6) is 5.75 Å². The molecule has 1 aromatic carbocycles. The monoisotopic (exact) mass is 372 g/mol. The second kappa shape index (κ2) is 7.94. The van der Waals surface area contributed by atoms with E-state index in [1.807, 2.05) is 18.2 Å². The van der Waals surface area contributed by atoms with Gasteiger partial charge in [0.05, 0.1) is 5.69 Å². The van der Waals surface area contributed by atoms with Crippen molar-refractivity contribution in [3.63, 3.8) is 0 Å². The highest BCUT2D eigenvalue weighted by atomic mass is 16.5. The molecule has 8 heteroatoms. The van der Waals surface area contributed by atoms with Crippen LogP contribution in [0, 0.1) is 0 Å². The van der Waals surface area contributed by atoms with Crippen LogP contribution in [-0.2, 0) is 11.2 Å². The number of hydrogen-bond donors (Lipinski definition) is 2. The van der Waals surface area contributed by atoms with Crippen molar-refractivity contribution in [1.29, 1.82) is 0 Å². The number of aromatic carboxylic acids is 1. The maximum atomic E-state index is 12.2. The molecule has 2 amide bonds. The molecule has 142 valence electrons. The summed E-state index contributed by atoms with van der Waals surface area (Å²) in [6, 6.07) is 8.52. The van der Waals surface area contributed by atoms with Crippen LogP contribution in [0.25, 0.3) is 0 Å². The number of anilines is 1. The first kappa shape index (κ1) is 18.5. The number of carbonyl (C=O) groups excluding carboxylic acids is 2. The molecule has 1 aromatic heterocycles. The quantitative estimate of drug-likeness (QED) is 0.720. The van der Waals surface area contributed by atoms with E-state index in [-0.39, 0.29) is 29.6 Å². The Balaban J connectivity index is 1.55. The van der Waals surface area contributed by atoms with Crippen LogP contribution in [0.3, 0.4) is 0 Å². The molecule has 0 saturated heterocycles.